The van der Waals surface area contributed by atoms with Gasteiger partial charge < -0.3 is 10.4 Å². The lowest BCUT2D eigenvalue weighted by Crippen LogP contribution is -2.40. The van der Waals surface area contributed by atoms with Crippen LogP contribution >= 0.6 is 0 Å². The average Bonchev–Trinajstić information content (AvgIpc) is 2.88. The summed E-state index contributed by atoms with van der Waals surface area (Å²) in [6.45, 7) is 0. The number of rotatable bonds is 0. The maximum Gasteiger partial charge on any atom is 0.141 e. The molecule has 0 saturated heterocycles. The molecule has 106 valence electrons. The van der Waals surface area contributed by atoms with Crippen molar-refractivity contribution in [3.8, 4) is 0 Å². The van der Waals surface area contributed by atoms with Crippen LogP contribution in [0.5, 0.6) is 0 Å². The normalized spacial score (nSPS) is 24.5. The summed E-state index contributed by atoms with van der Waals surface area (Å²) in [5.41, 5.74) is 3.07. The third-order valence-corrected chi connectivity index (χ3v) is 4.91. The first kappa shape index (κ1) is 12.0. The van der Waals surface area contributed by atoms with Gasteiger partial charge in [-0.05, 0) is 28.0 Å². The van der Waals surface area contributed by atoms with E-state index in [0.29, 0.717) is 0 Å². The van der Waals surface area contributed by atoms with Crippen molar-refractivity contribution in [3.05, 3.63) is 83.4 Å². The van der Waals surface area contributed by atoms with E-state index >= 15 is 0 Å². The molecule has 1 heterocycles. The first-order chi connectivity index (χ1) is 10.8. The first-order valence-corrected chi connectivity index (χ1v) is 7.57. The topological polar surface area (TPSA) is 32.3 Å². The van der Waals surface area contributed by atoms with Crippen LogP contribution in [0.25, 0.3) is 16.8 Å². The number of fused-ring (bicyclic) bond motifs is 7. The van der Waals surface area contributed by atoms with Gasteiger partial charge in [-0.15, -0.1) is 0 Å². The van der Waals surface area contributed by atoms with Gasteiger partial charge in [0.2, 0.25) is 0 Å². The van der Waals surface area contributed by atoms with Gasteiger partial charge in [0.25, 0.3) is 0 Å². The molecule has 0 fully saturated rings. The fourth-order valence-corrected chi connectivity index (χ4v) is 3.91. The number of hydrogen-bond acceptors (Lipinski definition) is 2. The molecular weight excluding hydrogens is 270 g/mol. The van der Waals surface area contributed by atoms with E-state index in [1.807, 2.05) is 30.3 Å². The molecular formula is C20H15NO. The third-order valence-electron chi connectivity index (χ3n) is 4.91. The Balaban J connectivity index is 1.91. The number of nitrogens with one attached hydrogen (secondary N) is 1. The largest absolute Gasteiger partial charge is 0.378 e. The number of benzene rings is 3. The second-order valence-corrected chi connectivity index (χ2v) is 6.04. The van der Waals surface area contributed by atoms with Crippen molar-refractivity contribution in [1.82, 2.24) is 0 Å². The van der Waals surface area contributed by atoms with Gasteiger partial charge in [0.15, 0.2) is 0 Å². The molecule has 5 rings (SSSR count). The van der Waals surface area contributed by atoms with Crippen LogP contribution in [0.2, 0.25) is 0 Å². The van der Waals surface area contributed by atoms with Gasteiger partial charge in [-0.1, -0.05) is 66.7 Å². The lowest BCUT2D eigenvalue weighted by atomic mass is 9.76. The molecule has 0 saturated carbocycles. The van der Waals surface area contributed by atoms with Gasteiger partial charge in [0.1, 0.15) is 5.60 Å². The Bertz CT molecular complexity index is 943. The van der Waals surface area contributed by atoms with Crippen LogP contribution in [0.4, 0.5) is 5.69 Å². The van der Waals surface area contributed by atoms with E-state index in [9.17, 15) is 5.11 Å². The van der Waals surface area contributed by atoms with Crippen LogP contribution in [-0.2, 0) is 5.60 Å². The molecule has 2 unspecified atom stereocenters. The monoisotopic (exact) mass is 285 g/mol. The zero-order valence-electron chi connectivity index (χ0n) is 12.0. The molecule has 3 aromatic carbocycles. The van der Waals surface area contributed by atoms with Crippen LogP contribution < -0.4 is 5.32 Å². The van der Waals surface area contributed by atoms with Gasteiger partial charge >= 0.3 is 0 Å². The SMILES string of the molecule is OC12c3ccccc3C=CC1Nc1ccc3ccccc3c12. The van der Waals surface area contributed by atoms with Crippen molar-refractivity contribution in [3.63, 3.8) is 0 Å². The maximum atomic E-state index is 11.7. The Labute approximate surface area is 128 Å². The molecule has 1 aliphatic carbocycles. The average molecular weight is 285 g/mol. The summed E-state index contributed by atoms with van der Waals surface area (Å²) in [4.78, 5) is 0. The molecule has 0 bridgehead atoms. The van der Waals surface area contributed by atoms with E-state index in [1.165, 1.54) is 0 Å². The second-order valence-electron chi connectivity index (χ2n) is 6.04. The lowest BCUT2D eigenvalue weighted by molar-refractivity contribution is 0.0822. The van der Waals surface area contributed by atoms with Crippen molar-refractivity contribution in [2.24, 2.45) is 0 Å². The quantitative estimate of drug-likeness (QED) is 0.656. The molecule has 2 aliphatic rings. The summed E-state index contributed by atoms with van der Waals surface area (Å²) in [6, 6.07) is 20.4. The summed E-state index contributed by atoms with van der Waals surface area (Å²) in [6.07, 6.45) is 4.16. The molecule has 3 aromatic rings. The molecule has 2 nitrogen and oxygen atoms in total. The lowest BCUT2D eigenvalue weighted by Gasteiger charge is -2.34. The summed E-state index contributed by atoms with van der Waals surface area (Å²) in [5, 5.41) is 17.4. The van der Waals surface area contributed by atoms with Crippen molar-refractivity contribution in [1.29, 1.82) is 0 Å². The predicted molar refractivity (Wildman–Crippen MR) is 89.8 cm³/mol. The van der Waals surface area contributed by atoms with Gasteiger partial charge in [0.05, 0.1) is 6.04 Å². The Kier molecular flexibility index (Phi) is 2.18. The highest BCUT2D eigenvalue weighted by Gasteiger charge is 2.49. The van der Waals surface area contributed by atoms with E-state index < -0.39 is 5.60 Å². The highest BCUT2D eigenvalue weighted by atomic mass is 16.3. The minimum absolute atomic E-state index is 0.122. The van der Waals surface area contributed by atoms with Crippen LogP contribution in [0.15, 0.2) is 66.7 Å². The third kappa shape index (κ3) is 1.33. The molecule has 2 heteroatoms. The number of hydrogen-bond donors (Lipinski definition) is 2. The van der Waals surface area contributed by atoms with Crippen molar-refractivity contribution < 1.29 is 5.11 Å². The highest BCUT2D eigenvalue weighted by Crippen LogP contribution is 2.50. The summed E-state index contributed by atoms with van der Waals surface area (Å²) in [5.74, 6) is 0. The van der Waals surface area contributed by atoms with Gasteiger partial charge in [-0.2, -0.15) is 0 Å². The molecule has 1 aliphatic heterocycles. The highest BCUT2D eigenvalue weighted by molar-refractivity contribution is 5.94. The number of aliphatic hydroxyl groups is 1. The van der Waals surface area contributed by atoms with E-state index in [2.05, 4.69) is 47.8 Å². The van der Waals surface area contributed by atoms with Crippen LogP contribution in [0.1, 0.15) is 16.7 Å². The molecule has 22 heavy (non-hydrogen) atoms. The summed E-state index contributed by atoms with van der Waals surface area (Å²) in [7, 11) is 0. The van der Waals surface area contributed by atoms with E-state index in [-0.39, 0.29) is 6.04 Å². The zero-order valence-corrected chi connectivity index (χ0v) is 12.0. The molecule has 2 N–H and O–H groups in total. The fourth-order valence-electron chi connectivity index (χ4n) is 3.91. The second kappa shape index (κ2) is 3.99. The first-order valence-electron chi connectivity index (χ1n) is 7.57. The van der Waals surface area contributed by atoms with Gasteiger partial charge in [-0.3, -0.25) is 0 Å². The smallest absolute Gasteiger partial charge is 0.141 e. The van der Waals surface area contributed by atoms with Crippen LogP contribution in [0, 0.1) is 0 Å². The van der Waals surface area contributed by atoms with E-state index in [1.54, 1.807) is 0 Å². The molecule has 0 aromatic heterocycles. The fraction of sp³-hybridized carbons (Fsp3) is 0.100. The minimum Gasteiger partial charge on any atom is -0.378 e. The maximum absolute atomic E-state index is 11.7. The molecule has 2 atom stereocenters. The molecule has 0 radical (unpaired) electrons. The predicted octanol–water partition coefficient (Wildman–Crippen LogP) is 3.90. The Morgan fingerprint density at radius 1 is 0.909 bits per heavy atom. The standard InChI is InChI=1S/C20H15NO/c22-20-16-8-4-2-6-14(16)10-12-18(20)21-17-11-9-13-5-1-3-7-15(13)19(17)20/h1-12,18,21-22H. The van der Waals surface area contributed by atoms with Crippen molar-refractivity contribution >= 4 is 22.5 Å². The van der Waals surface area contributed by atoms with Crippen LogP contribution in [0.3, 0.4) is 0 Å². The van der Waals surface area contributed by atoms with Gasteiger partial charge in [0, 0.05) is 11.3 Å². The Morgan fingerprint density at radius 2 is 1.73 bits per heavy atom. The number of anilines is 1. The van der Waals surface area contributed by atoms with Crippen molar-refractivity contribution in [2.75, 3.05) is 5.32 Å². The summed E-state index contributed by atoms with van der Waals surface area (Å²) < 4.78 is 0. The minimum atomic E-state index is -1.01. The van der Waals surface area contributed by atoms with Crippen molar-refractivity contribution in [2.45, 2.75) is 11.6 Å². The summed E-state index contributed by atoms with van der Waals surface area (Å²) >= 11 is 0. The van der Waals surface area contributed by atoms with Crippen LogP contribution in [-0.4, -0.2) is 11.1 Å². The molecule has 0 amide bonds. The van der Waals surface area contributed by atoms with E-state index in [4.69, 9.17) is 0 Å². The Hall–Kier alpha value is -2.58. The van der Waals surface area contributed by atoms with Gasteiger partial charge in [-0.25, -0.2) is 0 Å². The van der Waals surface area contributed by atoms with E-state index in [0.717, 1.165) is 33.2 Å². The molecule has 0 spiro atoms. The zero-order chi connectivity index (χ0) is 14.7. The Morgan fingerprint density at radius 3 is 2.68 bits per heavy atom.